The van der Waals surface area contributed by atoms with E-state index >= 15 is 0 Å². The summed E-state index contributed by atoms with van der Waals surface area (Å²) in [5.74, 6) is 2.88. The first-order valence-corrected chi connectivity index (χ1v) is 9.39. The maximum absolute atomic E-state index is 12.2. The molecule has 0 aromatic heterocycles. The molecule has 1 fully saturated rings. The van der Waals surface area contributed by atoms with Crippen LogP contribution in [0.1, 0.15) is 68.2 Å². The van der Waals surface area contributed by atoms with Crippen LogP contribution >= 0.6 is 0 Å². The van der Waals surface area contributed by atoms with E-state index in [4.69, 9.17) is 4.74 Å². The number of esters is 1. The summed E-state index contributed by atoms with van der Waals surface area (Å²) in [7, 11) is 0. The first-order chi connectivity index (χ1) is 10.5. The Morgan fingerprint density at radius 3 is 2.18 bits per heavy atom. The van der Waals surface area contributed by atoms with E-state index in [1.54, 1.807) is 0 Å². The summed E-state index contributed by atoms with van der Waals surface area (Å²) in [6, 6.07) is 0. The van der Waals surface area contributed by atoms with Crippen LogP contribution < -0.4 is 0 Å². The highest BCUT2D eigenvalue weighted by Gasteiger charge is 2.45. The zero-order chi connectivity index (χ0) is 17.3. The third kappa shape index (κ3) is 5.14. The summed E-state index contributed by atoms with van der Waals surface area (Å²) >= 11 is 0. The smallest absolute Gasteiger partial charge is 0.309 e. The van der Waals surface area contributed by atoms with Crippen molar-refractivity contribution in [3.8, 4) is 0 Å². The Balaban J connectivity index is 0.00000102. The largest absolute Gasteiger partial charge is 0.466 e. The Morgan fingerprint density at radius 2 is 1.64 bits per heavy atom. The van der Waals surface area contributed by atoms with Gasteiger partial charge in [0.25, 0.3) is 0 Å². The lowest BCUT2D eigenvalue weighted by atomic mass is 9.59. The molecule has 0 amide bonds. The van der Waals surface area contributed by atoms with Gasteiger partial charge in [0.15, 0.2) is 0 Å². The van der Waals surface area contributed by atoms with Crippen LogP contribution in [0.5, 0.6) is 0 Å². The van der Waals surface area contributed by atoms with Crippen LogP contribution in [0.4, 0.5) is 0 Å². The van der Waals surface area contributed by atoms with Crippen molar-refractivity contribution in [2.75, 3.05) is 6.61 Å². The molecule has 2 rings (SSSR count). The van der Waals surface area contributed by atoms with Gasteiger partial charge in [-0.25, -0.2) is 0 Å². The van der Waals surface area contributed by atoms with Gasteiger partial charge in [-0.15, -0.1) is 0 Å². The van der Waals surface area contributed by atoms with E-state index in [-0.39, 0.29) is 11.9 Å². The normalized spacial score (nSPS) is 36.0. The second-order valence-corrected chi connectivity index (χ2v) is 6.32. The monoisotopic (exact) mass is 310 g/mol. The number of ether oxygens (including phenoxy) is 1. The van der Waals surface area contributed by atoms with Gasteiger partial charge in [0.1, 0.15) is 0 Å². The van der Waals surface area contributed by atoms with Crippen LogP contribution in [0, 0.1) is 35.5 Å². The van der Waals surface area contributed by atoms with Crippen molar-refractivity contribution in [2.45, 2.75) is 68.2 Å². The standard InChI is InChI=1S/C16H26O2.2C2H6/c1-5-18-16(17)15-11(3)6-7-13-9-10(2)8-12(4)14(13)15;2*1-2/h6-7,10-15H,5,8-9H2,1-4H3;2*1-2H3/t10-,11-,12+,13?,14-,15-;;/m0../s1. The van der Waals surface area contributed by atoms with Crippen molar-refractivity contribution >= 4 is 5.97 Å². The molecule has 1 saturated carbocycles. The number of hydrogen-bond donors (Lipinski definition) is 0. The van der Waals surface area contributed by atoms with Crippen LogP contribution in [-0.2, 0) is 9.53 Å². The lowest BCUT2D eigenvalue weighted by Gasteiger charge is -2.45. The van der Waals surface area contributed by atoms with Crippen LogP contribution in [0.2, 0.25) is 0 Å². The van der Waals surface area contributed by atoms with Gasteiger partial charge in [-0.3, -0.25) is 4.79 Å². The summed E-state index contributed by atoms with van der Waals surface area (Å²) in [6.45, 7) is 17.2. The van der Waals surface area contributed by atoms with Gasteiger partial charge in [-0.05, 0) is 49.4 Å². The fraction of sp³-hybridized carbons (Fsp3) is 0.850. The molecule has 22 heavy (non-hydrogen) atoms. The number of rotatable bonds is 2. The summed E-state index contributed by atoms with van der Waals surface area (Å²) in [5, 5.41) is 0. The van der Waals surface area contributed by atoms with Gasteiger partial charge in [-0.2, -0.15) is 0 Å². The number of hydrogen-bond acceptors (Lipinski definition) is 2. The SMILES string of the molecule is CC.CC.CCOC(=O)[C@@H]1[C@@H]2C(C=C[C@@H]1C)C[C@@H](C)C[C@H]2C. The van der Waals surface area contributed by atoms with Crippen molar-refractivity contribution < 1.29 is 9.53 Å². The molecule has 0 aliphatic heterocycles. The number of carbonyl (C=O) groups is 1. The Hall–Kier alpha value is -0.790. The van der Waals surface area contributed by atoms with Gasteiger partial charge >= 0.3 is 5.97 Å². The van der Waals surface area contributed by atoms with Crippen molar-refractivity contribution in [2.24, 2.45) is 35.5 Å². The topological polar surface area (TPSA) is 26.3 Å². The van der Waals surface area contributed by atoms with Gasteiger partial charge in [0, 0.05) is 0 Å². The maximum Gasteiger partial charge on any atom is 0.309 e. The van der Waals surface area contributed by atoms with E-state index in [2.05, 4.69) is 32.9 Å². The summed E-state index contributed by atoms with van der Waals surface area (Å²) in [6.07, 6.45) is 7.07. The number of allylic oxidation sites excluding steroid dienone is 2. The fourth-order valence-electron chi connectivity index (χ4n) is 4.16. The predicted octanol–water partition coefficient (Wildman–Crippen LogP) is 5.72. The fourth-order valence-corrected chi connectivity index (χ4v) is 4.16. The minimum Gasteiger partial charge on any atom is -0.466 e. The molecule has 2 nitrogen and oxygen atoms in total. The first kappa shape index (κ1) is 21.2. The van der Waals surface area contributed by atoms with Gasteiger partial charge in [-0.1, -0.05) is 60.6 Å². The van der Waals surface area contributed by atoms with Crippen molar-refractivity contribution in [3.63, 3.8) is 0 Å². The van der Waals surface area contributed by atoms with Gasteiger partial charge in [0.2, 0.25) is 0 Å². The van der Waals surface area contributed by atoms with Crippen LogP contribution in [-0.4, -0.2) is 12.6 Å². The minimum absolute atomic E-state index is 0.0192. The second-order valence-electron chi connectivity index (χ2n) is 6.32. The molecule has 2 aliphatic carbocycles. The van der Waals surface area contributed by atoms with Crippen molar-refractivity contribution in [1.82, 2.24) is 0 Å². The summed E-state index contributed by atoms with van der Waals surface area (Å²) in [5.41, 5.74) is 0. The van der Waals surface area contributed by atoms with E-state index in [0.29, 0.717) is 30.3 Å². The summed E-state index contributed by atoms with van der Waals surface area (Å²) in [4.78, 5) is 12.2. The molecule has 0 heterocycles. The molecule has 130 valence electrons. The molecule has 2 heteroatoms. The summed E-state index contributed by atoms with van der Waals surface area (Å²) < 4.78 is 5.30. The highest BCUT2D eigenvalue weighted by Crippen LogP contribution is 2.47. The number of carbonyl (C=O) groups excluding carboxylic acids is 1. The Labute approximate surface area is 138 Å². The molecule has 0 bridgehead atoms. The predicted molar refractivity (Wildman–Crippen MR) is 95.7 cm³/mol. The molecule has 0 spiro atoms. The lowest BCUT2D eigenvalue weighted by molar-refractivity contribution is -0.154. The molecule has 6 atom stereocenters. The van der Waals surface area contributed by atoms with E-state index < -0.39 is 0 Å². The van der Waals surface area contributed by atoms with Crippen LogP contribution in [0.15, 0.2) is 12.2 Å². The third-order valence-electron chi connectivity index (χ3n) is 4.80. The Morgan fingerprint density at radius 1 is 1.05 bits per heavy atom. The minimum atomic E-state index is 0.0192. The highest BCUT2D eigenvalue weighted by molar-refractivity contribution is 5.74. The second kappa shape index (κ2) is 10.9. The zero-order valence-corrected chi connectivity index (χ0v) is 16.1. The molecule has 0 saturated heterocycles. The van der Waals surface area contributed by atoms with Crippen LogP contribution in [0.3, 0.4) is 0 Å². The molecule has 2 aliphatic rings. The third-order valence-corrected chi connectivity index (χ3v) is 4.80. The Bertz CT molecular complexity index is 335. The van der Waals surface area contributed by atoms with Gasteiger partial charge < -0.3 is 4.74 Å². The van der Waals surface area contributed by atoms with Crippen molar-refractivity contribution in [3.05, 3.63) is 12.2 Å². The Kier molecular flexibility index (Phi) is 10.5. The lowest BCUT2D eigenvalue weighted by Crippen LogP contribution is -2.43. The zero-order valence-electron chi connectivity index (χ0n) is 16.1. The number of fused-ring (bicyclic) bond motifs is 1. The van der Waals surface area contributed by atoms with Gasteiger partial charge in [0.05, 0.1) is 12.5 Å². The highest BCUT2D eigenvalue weighted by atomic mass is 16.5. The molecule has 1 unspecified atom stereocenters. The van der Waals surface area contributed by atoms with E-state index in [1.165, 1.54) is 12.8 Å². The van der Waals surface area contributed by atoms with Crippen molar-refractivity contribution in [1.29, 1.82) is 0 Å². The molecule has 0 radical (unpaired) electrons. The van der Waals surface area contributed by atoms with Crippen LogP contribution in [0.25, 0.3) is 0 Å². The maximum atomic E-state index is 12.2. The van der Waals surface area contributed by atoms with E-state index in [0.717, 1.165) is 5.92 Å². The van der Waals surface area contributed by atoms with E-state index in [1.807, 2.05) is 34.6 Å². The molecular weight excluding hydrogens is 272 g/mol. The molecule has 0 aromatic rings. The average Bonchev–Trinajstić information content (AvgIpc) is 2.52. The molecular formula is C20H38O2. The molecule has 0 N–H and O–H groups in total. The van der Waals surface area contributed by atoms with E-state index in [9.17, 15) is 4.79 Å². The molecule has 0 aromatic carbocycles. The first-order valence-electron chi connectivity index (χ1n) is 9.39. The quantitative estimate of drug-likeness (QED) is 0.481. The average molecular weight is 311 g/mol.